The van der Waals surface area contributed by atoms with E-state index in [-0.39, 0.29) is 6.61 Å². The van der Waals surface area contributed by atoms with E-state index in [2.05, 4.69) is 15.3 Å². The van der Waals surface area contributed by atoms with Crippen LogP contribution in [0.2, 0.25) is 0 Å². The molecule has 0 amide bonds. The number of nitrogens with two attached hydrogens (primary N) is 1. The first kappa shape index (κ1) is 23.9. The first-order chi connectivity index (χ1) is 16.2. The van der Waals surface area contributed by atoms with Crippen molar-refractivity contribution in [1.82, 2.24) is 19.8 Å². The summed E-state index contributed by atoms with van der Waals surface area (Å²) in [6, 6.07) is 7.27. The summed E-state index contributed by atoms with van der Waals surface area (Å²) in [6.07, 6.45) is -3.09. The fraction of sp³-hybridized carbons (Fsp3) is 0.400. The van der Waals surface area contributed by atoms with Crippen LogP contribution in [0.25, 0.3) is 15.5 Å². The Bertz CT molecular complexity index is 1210. The maximum atomic E-state index is 11.8. The summed E-state index contributed by atoms with van der Waals surface area (Å²) in [7, 11) is 0. The van der Waals surface area contributed by atoms with Crippen LogP contribution in [0.1, 0.15) is 20.8 Å². The van der Waals surface area contributed by atoms with Crippen molar-refractivity contribution in [2.45, 2.75) is 49.7 Å². The lowest BCUT2D eigenvalue weighted by atomic mass is 10.1. The van der Waals surface area contributed by atoms with Crippen LogP contribution in [-0.2, 0) is 33.3 Å². The molecule has 0 spiro atoms. The third kappa shape index (κ3) is 5.29. The van der Waals surface area contributed by atoms with Crippen molar-refractivity contribution in [3.05, 3.63) is 24.3 Å². The lowest BCUT2D eigenvalue weighted by Gasteiger charge is -2.39. The van der Waals surface area contributed by atoms with Gasteiger partial charge >= 0.3 is 17.9 Å². The van der Waals surface area contributed by atoms with Crippen molar-refractivity contribution in [1.29, 1.82) is 0 Å². The van der Waals surface area contributed by atoms with E-state index in [1.165, 1.54) is 32.1 Å². The molecule has 2 aromatic heterocycles. The molecular weight excluding hydrogens is 486 g/mol. The van der Waals surface area contributed by atoms with Gasteiger partial charge in [-0.3, -0.25) is 14.4 Å². The Kier molecular flexibility index (Phi) is 7.00. The minimum atomic E-state index is -1.08. The molecular formula is C20H21N5O7S2. The summed E-state index contributed by atoms with van der Waals surface area (Å²) >= 11 is 2.43. The Morgan fingerprint density at radius 3 is 2.32 bits per heavy atom. The van der Waals surface area contributed by atoms with Gasteiger partial charge < -0.3 is 24.7 Å². The molecule has 3 aromatic rings. The summed E-state index contributed by atoms with van der Waals surface area (Å²) < 4.78 is 23.4. The van der Waals surface area contributed by atoms with Crippen LogP contribution in [0.4, 0.5) is 5.69 Å². The lowest BCUT2D eigenvalue weighted by Crippen LogP contribution is -2.56. The number of thioether (sulfide) groups is 1. The number of fused-ring (bicyclic) bond motifs is 1. The van der Waals surface area contributed by atoms with Gasteiger partial charge in [0.05, 0.1) is 6.61 Å². The number of anilines is 1. The number of carbonyl (C=O) groups is 3. The Labute approximate surface area is 201 Å². The van der Waals surface area contributed by atoms with E-state index < -0.39 is 41.7 Å². The molecule has 1 aromatic carbocycles. The second-order valence-corrected chi connectivity index (χ2v) is 9.34. The molecule has 3 heterocycles. The maximum Gasteiger partial charge on any atom is 0.303 e. The summed E-state index contributed by atoms with van der Waals surface area (Å²) in [5.41, 5.74) is 6.43. The minimum Gasteiger partial charge on any atom is -0.456 e. The van der Waals surface area contributed by atoms with E-state index in [9.17, 15) is 14.4 Å². The number of hydrogen-bond donors (Lipinski definition) is 1. The van der Waals surface area contributed by atoms with E-state index in [0.717, 1.165) is 17.3 Å². The van der Waals surface area contributed by atoms with Crippen molar-refractivity contribution >= 4 is 51.7 Å². The van der Waals surface area contributed by atoms with Crippen LogP contribution in [0, 0.1) is 0 Å². The number of carbonyl (C=O) groups excluding carboxylic acids is 3. The SMILES string of the molecule is CC(=O)O[C@@H]1[C@@H](OC(C)=O)[C@H](Sc2nnc3sc(-c4ccc(N)cc4)nn23)OC[C@@H]1OC(C)=O. The molecule has 14 heteroatoms. The third-order valence-electron chi connectivity index (χ3n) is 4.65. The molecule has 2 N–H and O–H groups in total. The first-order valence-corrected chi connectivity index (χ1v) is 11.8. The average Bonchev–Trinajstić information content (AvgIpc) is 3.33. The summed E-state index contributed by atoms with van der Waals surface area (Å²) in [6.45, 7) is 3.57. The smallest absolute Gasteiger partial charge is 0.303 e. The monoisotopic (exact) mass is 507 g/mol. The zero-order valence-corrected chi connectivity index (χ0v) is 20.0. The largest absolute Gasteiger partial charge is 0.456 e. The summed E-state index contributed by atoms with van der Waals surface area (Å²) in [5.74, 6) is -1.83. The molecule has 0 saturated carbocycles. The predicted octanol–water partition coefficient (Wildman–Crippen LogP) is 1.68. The Hall–Kier alpha value is -3.23. The van der Waals surface area contributed by atoms with Gasteiger partial charge in [0.1, 0.15) is 5.01 Å². The van der Waals surface area contributed by atoms with Gasteiger partial charge in [-0.05, 0) is 36.0 Å². The molecule has 0 radical (unpaired) electrons. The number of ether oxygens (including phenoxy) is 4. The van der Waals surface area contributed by atoms with Gasteiger partial charge in [-0.1, -0.05) is 11.3 Å². The number of nitrogens with zero attached hydrogens (tertiary/aromatic N) is 4. The highest BCUT2D eigenvalue weighted by molar-refractivity contribution is 7.99. The van der Waals surface area contributed by atoms with Crippen molar-refractivity contribution < 1.29 is 33.3 Å². The Morgan fingerprint density at radius 1 is 1.03 bits per heavy atom. The summed E-state index contributed by atoms with van der Waals surface area (Å²) in [4.78, 5) is 35.6. The fourth-order valence-corrected chi connectivity index (χ4v) is 5.25. The standard InChI is InChI=1S/C20H21N5O7S2/c1-9(26)30-14-8-29-18(16(32-11(3)28)15(14)31-10(2)27)34-20-23-22-19-25(20)24-17(33-19)12-4-6-13(21)7-5-12/h4-7,14-16,18H,8,21H2,1-3H3/t14-,15-,16+,18-/m0/s1. The number of nitrogen functional groups attached to an aromatic ring is 1. The molecule has 1 saturated heterocycles. The minimum absolute atomic E-state index is 0.0807. The number of rotatable bonds is 6. The molecule has 4 atom stereocenters. The molecule has 0 aliphatic carbocycles. The van der Waals surface area contributed by atoms with E-state index in [1.54, 1.807) is 16.6 Å². The third-order valence-corrected chi connectivity index (χ3v) is 6.70. The maximum absolute atomic E-state index is 11.8. The number of esters is 3. The second-order valence-electron chi connectivity index (χ2n) is 7.32. The molecule has 1 fully saturated rings. The Morgan fingerprint density at radius 2 is 1.68 bits per heavy atom. The van der Waals surface area contributed by atoms with Gasteiger partial charge in [0.15, 0.2) is 23.7 Å². The first-order valence-electron chi connectivity index (χ1n) is 10.1. The van der Waals surface area contributed by atoms with E-state index in [1.807, 2.05) is 12.1 Å². The highest BCUT2D eigenvalue weighted by Gasteiger charge is 2.47. The van der Waals surface area contributed by atoms with E-state index in [0.29, 0.717) is 20.8 Å². The van der Waals surface area contributed by atoms with Gasteiger partial charge in [-0.15, -0.1) is 10.2 Å². The van der Waals surface area contributed by atoms with E-state index >= 15 is 0 Å². The van der Waals surface area contributed by atoms with Crippen molar-refractivity contribution in [2.75, 3.05) is 12.3 Å². The molecule has 1 aliphatic rings. The van der Waals surface area contributed by atoms with Crippen LogP contribution >= 0.6 is 23.1 Å². The van der Waals surface area contributed by atoms with Crippen molar-refractivity contribution in [3.8, 4) is 10.6 Å². The second kappa shape index (κ2) is 9.95. The highest BCUT2D eigenvalue weighted by Crippen LogP contribution is 2.35. The topological polar surface area (TPSA) is 157 Å². The number of aromatic nitrogens is 4. The average molecular weight is 508 g/mol. The molecule has 1 aliphatic heterocycles. The summed E-state index contributed by atoms with van der Waals surface area (Å²) in [5, 5.41) is 14.0. The number of benzene rings is 1. The molecule has 34 heavy (non-hydrogen) atoms. The molecule has 4 rings (SSSR count). The molecule has 180 valence electrons. The van der Waals surface area contributed by atoms with Crippen LogP contribution in [0.5, 0.6) is 0 Å². The van der Waals surface area contributed by atoms with Gasteiger partial charge in [0.25, 0.3) is 0 Å². The van der Waals surface area contributed by atoms with Gasteiger partial charge in [0, 0.05) is 32.0 Å². The lowest BCUT2D eigenvalue weighted by molar-refractivity contribution is -0.213. The molecule has 0 unspecified atom stereocenters. The zero-order valence-electron chi connectivity index (χ0n) is 18.4. The Balaban J connectivity index is 1.62. The van der Waals surface area contributed by atoms with Crippen LogP contribution in [-0.4, -0.2) is 68.1 Å². The van der Waals surface area contributed by atoms with Crippen LogP contribution in [0.15, 0.2) is 29.4 Å². The van der Waals surface area contributed by atoms with Crippen LogP contribution in [0.3, 0.4) is 0 Å². The van der Waals surface area contributed by atoms with Gasteiger partial charge in [-0.2, -0.15) is 9.61 Å². The van der Waals surface area contributed by atoms with Gasteiger partial charge in [0.2, 0.25) is 10.1 Å². The predicted molar refractivity (Wildman–Crippen MR) is 121 cm³/mol. The quantitative estimate of drug-likeness (QED) is 0.293. The number of hydrogen-bond acceptors (Lipinski definition) is 13. The highest BCUT2D eigenvalue weighted by atomic mass is 32.2. The van der Waals surface area contributed by atoms with Gasteiger partial charge in [-0.25, -0.2) is 0 Å². The zero-order chi connectivity index (χ0) is 24.4. The molecule has 0 bridgehead atoms. The van der Waals surface area contributed by atoms with E-state index in [4.69, 9.17) is 24.7 Å². The normalized spacial score (nSPS) is 22.3. The molecule has 12 nitrogen and oxygen atoms in total. The van der Waals surface area contributed by atoms with Crippen LogP contribution < -0.4 is 5.73 Å². The van der Waals surface area contributed by atoms with Crippen molar-refractivity contribution in [3.63, 3.8) is 0 Å². The van der Waals surface area contributed by atoms with Crippen molar-refractivity contribution in [2.24, 2.45) is 0 Å². The fourth-order valence-electron chi connectivity index (χ4n) is 3.33.